The second-order valence-electron chi connectivity index (χ2n) is 7.65. The molecule has 0 aliphatic carbocycles. The molecule has 28 heavy (non-hydrogen) atoms. The maximum atomic E-state index is 13.3. The number of hydrogen-bond donors (Lipinski definition) is 1. The molecule has 1 aromatic heterocycles. The number of urea groups is 1. The van der Waals surface area contributed by atoms with Crippen molar-refractivity contribution in [3.63, 3.8) is 0 Å². The van der Waals surface area contributed by atoms with Crippen molar-refractivity contribution in [2.45, 2.75) is 33.2 Å². The minimum Gasteiger partial charge on any atom is -0.333 e. The highest BCUT2D eigenvalue weighted by Crippen LogP contribution is 2.37. The maximum absolute atomic E-state index is 13.3. The van der Waals surface area contributed by atoms with Crippen molar-refractivity contribution in [2.24, 2.45) is 0 Å². The Bertz CT molecular complexity index is 978. The van der Waals surface area contributed by atoms with Crippen LogP contribution in [0, 0.1) is 20.8 Å². The Labute approximate surface area is 169 Å². The van der Waals surface area contributed by atoms with E-state index in [9.17, 15) is 9.59 Å². The molecule has 0 saturated heterocycles. The molecule has 0 radical (unpaired) electrons. The summed E-state index contributed by atoms with van der Waals surface area (Å²) in [6.45, 7) is 7.34. The fourth-order valence-electron chi connectivity index (χ4n) is 4.03. The predicted molar refractivity (Wildman–Crippen MR) is 111 cm³/mol. The second kappa shape index (κ2) is 7.09. The number of carbonyl (C=O) groups is 2. The molecule has 2 aliphatic rings. The molecule has 6 heteroatoms. The highest BCUT2D eigenvalue weighted by molar-refractivity contribution is 7.09. The Morgan fingerprint density at radius 3 is 2.61 bits per heavy atom. The van der Waals surface area contributed by atoms with E-state index >= 15 is 0 Å². The number of carbonyl (C=O) groups excluding carboxylic acids is 2. The van der Waals surface area contributed by atoms with Crippen LogP contribution in [0.2, 0.25) is 0 Å². The van der Waals surface area contributed by atoms with Gasteiger partial charge in [0.05, 0.1) is 23.9 Å². The van der Waals surface area contributed by atoms with Gasteiger partial charge in [0.25, 0.3) is 5.91 Å². The van der Waals surface area contributed by atoms with Gasteiger partial charge in [0.2, 0.25) is 0 Å². The summed E-state index contributed by atoms with van der Waals surface area (Å²) in [5.41, 5.74) is 6.00. The monoisotopic (exact) mass is 395 g/mol. The van der Waals surface area contributed by atoms with Crippen LogP contribution >= 0.6 is 11.3 Å². The molecule has 1 N–H and O–H groups in total. The molecule has 0 saturated carbocycles. The second-order valence-corrected chi connectivity index (χ2v) is 8.68. The average Bonchev–Trinajstić information content (AvgIpc) is 3.28. The summed E-state index contributed by atoms with van der Waals surface area (Å²) in [5.74, 6) is 0.0287. The topological polar surface area (TPSA) is 52.7 Å². The molecule has 1 aromatic carbocycles. The third-order valence-electron chi connectivity index (χ3n) is 5.84. The predicted octanol–water partition coefficient (Wildman–Crippen LogP) is 3.71. The smallest absolute Gasteiger partial charge is 0.322 e. The summed E-state index contributed by atoms with van der Waals surface area (Å²) in [5, 5.41) is 5.10. The van der Waals surface area contributed by atoms with Crippen molar-refractivity contribution in [3.8, 4) is 0 Å². The van der Waals surface area contributed by atoms with E-state index < -0.39 is 6.04 Å². The molecule has 4 rings (SSSR count). The van der Waals surface area contributed by atoms with Crippen molar-refractivity contribution < 1.29 is 9.59 Å². The maximum Gasteiger partial charge on any atom is 0.322 e. The van der Waals surface area contributed by atoms with E-state index in [1.807, 2.05) is 17.9 Å². The number of thiophene rings is 1. The number of benzene rings is 1. The lowest BCUT2D eigenvalue weighted by Crippen LogP contribution is -2.45. The van der Waals surface area contributed by atoms with Crippen LogP contribution in [0.1, 0.15) is 33.2 Å². The standard InChI is InChI=1S/C22H25N3O2S/c1-13-10-15(3)17(11-14(13)2)20-19-18(24(4)22(27)23-20)12-25(21(19)26)8-7-16-6-5-9-28-16/h5-6,9-11,20H,7-8,12H2,1-4H3,(H,23,27). The summed E-state index contributed by atoms with van der Waals surface area (Å²) in [7, 11) is 1.74. The molecule has 3 amide bonds. The lowest BCUT2D eigenvalue weighted by molar-refractivity contribution is -0.125. The first kappa shape index (κ1) is 18.7. The minimum absolute atomic E-state index is 0.0287. The molecule has 1 unspecified atom stereocenters. The number of aryl methyl sites for hydroxylation is 3. The van der Waals surface area contributed by atoms with E-state index in [0.717, 1.165) is 28.8 Å². The van der Waals surface area contributed by atoms with E-state index in [0.29, 0.717) is 18.7 Å². The Kier molecular flexibility index (Phi) is 4.75. The molecular formula is C22H25N3O2S. The summed E-state index contributed by atoms with van der Waals surface area (Å²) < 4.78 is 0. The Hall–Kier alpha value is -2.60. The largest absolute Gasteiger partial charge is 0.333 e. The lowest BCUT2D eigenvalue weighted by Gasteiger charge is -2.32. The highest BCUT2D eigenvalue weighted by Gasteiger charge is 2.43. The fraction of sp³-hybridized carbons (Fsp3) is 0.364. The first-order chi connectivity index (χ1) is 13.4. The van der Waals surface area contributed by atoms with Crippen LogP contribution in [-0.4, -0.2) is 41.9 Å². The van der Waals surface area contributed by atoms with Gasteiger partial charge in [0, 0.05) is 18.5 Å². The molecule has 0 spiro atoms. The quantitative estimate of drug-likeness (QED) is 0.858. The van der Waals surface area contributed by atoms with E-state index in [1.54, 1.807) is 23.3 Å². The molecular weight excluding hydrogens is 370 g/mol. The minimum atomic E-state index is -0.391. The summed E-state index contributed by atoms with van der Waals surface area (Å²) in [6, 6.07) is 7.81. The van der Waals surface area contributed by atoms with Gasteiger partial charge >= 0.3 is 6.03 Å². The summed E-state index contributed by atoms with van der Waals surface area (Å²) in [6.07, 6.45) is 0.836. The van der Waals surface area contributed by atoms with Crippen LogP contribution < -0.4 is 5.32 Å². The Morgan fingerprint density at radius 1 is 1.14 bits per heavy atom. The molecule has 5 nitrogen and oxygen atoms in total. The number of nitrogens with one attached hydrogen (secondary N) is 1. The van der Waals surface area contributed by atoms with E-state index in [-0.39, 0.29) is 11.9 Å². The first-order valence-electron chi connectivity index (χ1n) is 9.53. The zero-order valence-electron chi connectivity index (χ0n) is 16.7. The zero-order chi connectivity index (χ0) is 20.0. The van der Waals surface area contributed by atoms with Gasteiger partial charge in [-0.05, 0) is 60.9 Å². The van der Waals surface area contributed by atoms with Gasteiger partial charge < -0.3 is 10.2 Å². The SMILES string of the molecule is Cc1cc(C)c(C2NC(=O)N(C)C3=C2C(=O)N(CCc2cccs2)C3)cc1C. The van der Waals surface area contributed by atoms with Crippen molar-refractivity contribution in [1.29, 1.82) is 0 Å². The molecule has 0 fully saturated rings. The van der Waals surface area contributed by atoms with Gasteiger partial charge in [0.15, 0.2) is 0 Å². The number of rotatable bonds is 4. The van der Waals surface area contributed by atoms with Crippen molar-refractivity contribution in [1.82, 2.24) is 15.1 Å². The van der Waals surface area contributed by atoms with Crippen molar-refractivity contribution >= 4 is 23.3 Å². The summed E-state index contributed by atoms with van der Waals surface area (Å²) in [4.78, 5) is 30.6. The summed E-state index contributed by atoms with van der Waals surface area (Å²) >= 11 is 1.71. The van der Waals surface area contributed by atoms with Crippen molar-refractivity contribution in [2.75, 3.05) is 20.1 Å². The molecule has 3 heterocycles. The van der Waals surface area contributed by atoms with E-state index in [4.69, 9.17) is 0 Å². The van der Waals surface area contributed by atoms with Gasteiger partial charge in [-0.25, -0.2) is 4.79 Å². The van der Waals surface area contributed by atoms with Crippen molar-refractivity contribution in [3.05, 3.63) is 68.0 Å². The Balaban J connectivity index is 1.67. The normalized spacial score (nSPS) is 19.4. The van der Waals surface area contributed by atoms with Gasteiger partial charge in [-0.15, -0.1) is 11.3 Å². The van der Waals surface area contributed by atoms with Gasteiger partial charge in [-0.3, -0.25) is 9.69 Å². The number of hydrogen-bond acceptors (Lipinski definition) is 3. The molecule has 2 aromatic rings. The van der Waals surface area contributed by atoms with Crippen LogP contribution in [0.5, 0.6) is 0 Å². The van der Waals surface area contributed by atoms with Crippen LogP contribution in [0.4, 0.5) is 4.79 Å². The van der Waals surface area contributed by atoms with Crippen LogP contribution in [0.25, 0.3) is 0 Å². The average molecular weight is 396 g/mol. The van der Waals surface area contributed by atoms with Crippen LogP contribution in [0.15, 0.2) is 40.9 Å². The molecule has 1 atom stereocenters. The fourth-order valence-corrected chi connectivity index (χ4v) is 4.73. The molecule has 2 aliphatic heterocycles. The number of nitrogens with zero attached hydrogens (tertiary/aromatic N) is 2. The highest BCUT2D eigenvalue weighted by atomic mass is 32.1. The van der Waals surface area contributed by atoms with Gasteiger partial charge in [-0.1, -0.05) is 18.2 Å². The zero-order valence-corrected chi connectivity index (χ0v) is 17.5. The first-order valence-corrected chi connectivity index (χ1v) is 10.4. The van der Waals surface area contributed by atoms with E-state index in [2.05, 4.69) is 42.7 Å². The third-order valence-corrected chi connectivity index (χ3v) is 6.77. The Morgan fingerprint density at radius 2 is 1.89 bits per heavy atom. The molecule has 0 bridgehead atoms. The van der Waals surface area contributed by atoms with Crippen LogP contribution in [0.3, 0.4) is 0 Å². The molecule has 146 valence electrons. The van der Waals surface area contributed by atoms with Gasteiger partial charge in [-0.2, -0.15) is 0 Å². The third kappa shape index (κ3) is 3.11. The number of likely N-dealkylation sites (N-methyl/N-ethyl adjacent to an activating group) is 1. The van der Waals surface area contributed by atoms with Crippen LogP contribution in [-0.2, 0) is 11.2 Å². The van der Waals surface area contributed by atoms with E-state index in [1.165, 1.54) is 10.4 Å². The lowest BCUT2D eigenvalue weighted by atomic mass is 9.90. The van der Waals surface area contributed by atoms with Gasteiger partial charge in [0.1, 0.15) is 0 Å². The number of amides is 3.